The maximum atomic E-state index is 14.2. The van der Waals surface area contributed by atoms with Crippen molar-refractivity contribution in [2.75, 3.05) is 39.3 Å². The molecular formula is C49H92N16O13. The highest BCUT2D eigenvalue weighted by Crippen LogP contribution is 2.10. The quantitative estimate of drug-likeness (QED) is 0.0340. The van der Waals surface area contributed by atoms with E-state index in [2.05, 4.69) is 65.4 Å². The summed E-state index contributed by atoms with van der Waals surface area (Å²) in [5.41, 5.74) is 29.0. The molecule has 11 amide bonds. The molecule has 29 heteroatoms. The van der Waals surface area contributed by atoms with Gasteiger partial charge >= 0.3 is 0 Å². The number of carbonyl (C=O) groups is 11. The Morgan fingerprint density at radius 3 is 1.55 bits per heavy atom. The molecule has 0 radical (unpaired) electrons. The van der Waals surface area contributed by atoms with Crippen LogP contribution in [0.4, 0.5) is 0 Å². The van der Waals surface area contributed by atoms with Crippen molar-refractivity contribution in [3.63, 3.8) is 0 Å². The van der Waals surface area contributed by atoms with Gasteiger partial charge in [-0.05, 0) is 111 Å². The van der Waals surface area contributed by atoms with Crippen molar-refractivity contribution < 1.29 is 63.0 Å². The molecule has 1 heterocycles. The summed E-state index contributed by atoms with van der Waals surface area (Å²) in [6, 6.07) is -14.5. The fourth-order valence-corrected chi connectivity index (χ4v) is 8.10. The first-order chi connectivity index (χ1) is 36.9. The highest BCUT2D eigenvalue weighted by atomic mass is 16.3. The van der Waals surface area contributed by atoms with Crippen molar-refractivity contribution in [3.8, 4) is 0 Å². The first kappa shape index (κ1) is 69.9. The zero-order chi connectivity index (χ0) is 59.1. The highest BCUT2D eigenvalue weighted by molar-refractivity contribution is 5.99. The standard InChI is InChI=1S/C49H92N16O13/c1-7-8-9-10-11-12-37(68)57-30(13-19-50)45(74)65-39(29(6)67)49(78)62-33(16-22-53)43(72)61-35-18-24-55-48(77)38(28(5)66)64-46(75)34(17-23-54)59-42(71)32(15-21-52)60-47(76)36(25-26(2)3)63-40(69)27(4)56-41(70)31(14-20-51)58-44(35)73/h26-36,38-39,66-67H,7-25,50-54H2,1-6H3,(H,55,77)(H,56,70)(H,57,68)(H,58,73)(H,59,71)(H,60,76)(H,61,72)(H,62,78)(H,63,69)(H,64,75)(H,65,74)/t27-,28-,29-,30+,31?,32+,33+,34+,35?,36+,38?,39+/m1/s1. The van der Waals surface area contributed by atoms with E-state index in [1.54, 1.807) is 13.8 Å². The first-order valence-corrected chi connectivity index (χ1v) is 27.1. The van der Waals surface area contributed by atoms with Gasteiger partial charge in [0.25, 0.3) is 0 Å². The van der Waals surface area contributed by atoms with E-state index in [-0.39, 0.29) is 83.6 Å². The van der Waals surface area contributed by atoms with Gasteiger partial charge in [-0.25, -0.2) is 0 Å². The largest absolute Gasteiger partial charge is 0.391 e. The summed E-state index contributed by atoms with van der Waals surface area (Å²) < 4.78 is 0. The van der Waals surface area contributed by atoms with Crippen LogP contribution in [0, 0.1) is 5.92 Å². The second kappa shape index (κ2) is 37.7. The second-order valence-electron chi connectivity index (χ2n) is 19.9. The van der Waals surface area contributed by atoms with Gasteiger partial charge < -0.3 is 97.4 Å². The number of hydrogen-bond donors (Lipinski definition) is 18. The number of hydrogen-bond acceptors (Lipinski definition) is 18. The summed E-state index contributed by atoms with van der Waals surface area (Å²) in [7, 11) is 0. The molecule has 29 nitrogen and oxygen atoms in total. The van der Waals surface area contributed by atoms with Gasteiger partial charge in [0.2, 0.25) is 65.0 Å². The minimum atomic E-state index is -1.69. The molecule has 0 aromatic rings. The normalized spacial score (nSPS) is 23.5. The average molecular weight is 1110 g/mol. The molecule has 1 rings (SSSR count). The number of carbonyl (C=O) groups excluding carboxylic acids is 11. The van der Waals surface area contributed by atoms with Gasteiger partial charge in [-0.1, -0.05) is 46.5 Å². The fourth-order valence-electron chi connectivity index (χ4n) is 8.10. The monoisotopic (exact) mass is 1110 g/mol. The lowest BCUT2D eigenvalue weighted by Gasteiger charge is -2.28. The Morgan fingerprint density at radius 2 is 1.05 bits per heavy atom. The van der Waals surface area contributed by atoms with Gasteiger partial charge in [-0.15, -0.1) is 0 Å². The third-order valence-electron chi connectivity index (χ3n) is 12.6. The van der Waals surface area contributed by atoms with Gasteiger partial charge in [0, 0.05) is 13.0 Å². The van der Waals surface area contributed by atoms with Gasteiger partial charge in [-0.3, -0.25) is 52.7 Å². The van der Waals surface area contributed by atoms with Crippen molar-refractivity contribution >= 4 is 65.0 Å². The number of aliphatic hydroxyl groups is 2. The van der Waals surface area contributed by atoms with Gasteiger partial charge in [-0.2, -0.15) is 0 Å². The number of rotatable bonds is 27. The lowest BCUT2D eigenvalue weighted by molar-refractivity contribution is -0.137. The summed E-state index contributed by atoms with van der Waals surface area (Å²) >= 11 is 0. The van der Waals surface area contributed by atoms with Gasteiger partial charge in [0.1, 0.15) is 60.4 Å². The molecular weight excluding hydrogens is 1020 g/mol. The van der Waals surface area contributed by atoms with Crippen LogP contribution < -0.4 is 87.2 Å². The van der Waals surface area contributed by atoms with Gasteiger partial charge in [0.05, 0.1) is 12.2 Å². The minimum Gasteiger partial charge on any atom is -0.391 e. The Kier molecular flexibility index (Phi) is 33.8. The maximum absolute atomic E-state index is 14.2. The predicted molar refractivity (Wildman–Crippen MR) is 287 cm³/mol. The number of unbranched alkanes of at least 4 members (excludes halogenated alkanes) is 4. The number of amides is 11. The van der Waals surface area contributed by atoms with Crippen LogP contribution in [0.3, 0.4) is 0 Å². The maximum Gasteiger partial charge on any atom is 0.245 e. The van der Waals surface area contributed by atoms with Crippen molar-refractivity contribution in [1.29, 1.82) is 0 Å². The molecule has 12 atom stereocenters. The molecule has 0 bridgehead atoms. The summed E-state index contributed by atoms with van der Waals surface area (Å²) in [5, 5.41) is 48.9. The summed E-state index contributed by atoms with van der Waals surface area (Å²) in [6.45, 7) is 8.22. The molecule has 1 aliphatic rings. The highest BCUT2D eigenvalue weighted by Gasteiger charge is 2.37. The van der Waals surface area contributed by atoms with E-state index in [0.717, 1.165) is 25.7 Å². The first-order valence-electron chi connectivity index (χ1n) is 27.1. The Labute approximate surface area is 456 Å². The van der Waals surface area contributed by atoms with Crippen LogP contribution in [0.1, 0.15) is 125 Å². The third-order valence-corrected chi connectivity index (χ3v) is 12.6. The van der Waals surface area contributed by atoms with E-state index in [1.807, 2.05) is 0 Å². The molecule has 1 saturated heterocycles. The summed E-state index contributed by atoms with van der Waals surface area (Å²) in [6.07, 6.45) is 0.287. The van der Waals surface area contributed by atoms with E-state index in [9.17, 15) is 63.0 Å². The molecule has 0 aromatic carbocycles. The van der Waals surface area contributed by atoms with Crippen molar-refractivity contribution in [2.45, 2.75) is 198 Å². The van der Waals surface area contributed by atoms with Crippen molar-refractivity contribution in [3.05, 3.63) is 0 Å². The van der Waals surface area contributed by atoms with E-state index < -0.39 is 151 Å². The van der Waals surface area contributed by atoms with E-state index in [0.29, 0.717) is 6.42 Å². The topological polar surface area (TPSA) is 491 Å². The molecule has 0 aliphatic carbocycles. The lowest BCUT2D eigenvalue weighted by Crippen LogP contribution is -2.62. The van der Waals surface area contributed by atoms with Crippen LogP contribution in [-0.4, -0.2) is 187 Å². The average Bonchev–Trinajstić information content (AvgIpc) is 3.37. The van der Waals surface area contributed by atoms with Crippen LogP contribution in [0.15, 0.2) is 0 Å². The van der Waals surface area contributed by atoms with Crippen LogP contribution in [0.25, 0.3) is 0 Å². The second-order valence-corrected chi connectivity index (χ2v) is 19.9. The minimum absolute atomic E-state index is 0.00962. The fraction of sp³-hybridized carbons (Fsp3) is 0.776. The number of nitrogens with one attached hydrogen (secondary N) is 11. The van der Waals surface area contributed by atoms with Crippen LogP contribution in [0.5, 0.6) is 0 Å². The molecule has 0 saturated carbocycles. The molecule has 446 valence electrons. The molecule has 1 aliphatic heterocycles. The van der Waals surface area contributed by atoms with Gasteiger partial charge in [0.15, 0.2) is 0 Å². The zero-order valence-corrected chi connectivity index (χ0v) is 46.2. The lowest BCUT2D eigenvalue weighted by atomic mass is 10.0. The number of nitrogens with two attached hydrogens (primary N) is 5. The van der Waals surface area contributed by atoms with Crippen LogP contribution in [0.2, 0.25) is 0 Å². The molecule has 1 fully saturated rings. The summed E-state index contributed by atoms with van der Waals surface area (Å²) in [5.74, 6) is -9.86. The Bertz CT molecular complexity index is 1960. The third kappa shape index (κ3) is 25.6. The zero-order valence-electron chi connectivity index (χ0n) is 46.2. The Balaban J connectivity index is 3.71. The van der Waals surface area contributed by atoms with E-state index in [4.69, 9.17) is 28.7 Å². The SMILES string of the molecule is CCCCCCCC(=O)N[C@@H](CCN)C(=O)N[C@H](C(=O)N[C@@H](CCN)C(=O)NC1CCNC(=O)C([C@@H](C)O)NC(=O)[C@H](CCN)NC(=O)[C@H](CCN)NC(=O)[C@H](CC(C)C)NC(=O)[C@@H](C)NC(=O)C(CCN)NC1=O)[C@@H](C)O. The number of aliphatic hydroxyl groups excluding tert-OH is 2. The van der Waals surface area contributed by atoms with Crippen LogP contribution in [-0.2, 0) is 52.7 Å². The molecule has 3 unspecified atom stereocenters. The molecule has 0 spiro atoms. The predicted octanol–water partition coefficient (Wildman–Crippen LogP) is -6.71. The van der Waals surface area contributed by atoms with Crippen molar-refractivity contribution in [2.24, 2.45) is 34.6 Å². The summed E-state index contributed by atoms with van der Waals surface area (Å²) in [4.78, 5) is 151. The molecule has 0 aromatic heterocycles. The van der Waals surface area contributed by atoms with E-state index >= 15 is 0 Å². The molecule has 78 heavy (non-hydrogen) atoms. The molecule has 23 N–H and O–H groups in total. The smallest absolute Gasteiger partial charge is 0.245 e. The Hall–Kier alpha value is -6.11. The van der Waals surface area contributed by atoms with Crippen molar-refractivity contribution in [1.82, 2.24) is 58.5 Å². The van der Waals surface area contributed by atoms with E-state index in [1.165, 1.54) is 20.8 Å². The van der Waals surface area contributed by atoms with Crippen LogP contribution >= 0.6 is 0 Å². The Morgan fingerprint density at radius 1 is 0.564 bits per heavy atom.